The number of primary amides is 1. The average Bonchev–Trinajstić information content (AvgIpc) is 3.84. The molecular weight excluding hydrogens is 687 g/mol. The molecule has 1 heterocycles. The highest BCUT2D eigenvalue weighted by Crippen LogP contribution is 2.46. The van der Waals surface area contributed by atoms with E-state index in [4.69, 9.17) is 25.1 Å². The Labute approximate surface area is 322 Å². The first-order chi connectivity index (χ1) is 25.5. The van der Waals surface area contributed by atoms with Crippen LogP contribution in [0.5, 0.6) is 17.2 Å². The van der Waals surface area contributed by atoms with Crippen molar-refractivity contribution in [2.24, 2.45) is 22.7 Å². The van der Waals surface area contributed by atoms with Crippen molar-refractivity contribution in [3.05, 3.63) is 61.2 Å². The molecule has 2 fully saturated rings. The molecule has 0 radical (unpaired) electrons. The van der Waals surface area contributed by atoms with Gasteiger partial charge in [-0.15, -0.1) is 6.58 Å². The number of amides is 1. The maximum atomic E-state index is 11.1. The summed E-state index contributed by atoms with van der Waals surface area (Å²) in [6.45, 7) is 16.7. The molecule has 4 rings (SSSR count). The molecule has 2 aromatic rings. The van der Waals surface area contributed by atoms with E-state index >= 15 is 0 Å². The predicted octanol–water partition coefficient (Wildman–Crippen LogP) is 9.44. The van der Waals surface area contributed by atoms with E-state index in [0.29, 0.717) is 29.6 Å². The summed E-state index contributed by atoms with van der Waals surface area (Å²) in [6.07, 6.45) is 23.2. The molecule has 2 unspecified atom stereocenters. The van der Waals surface area contributed by atoms with Gasteiger partial charge in [0.25, 0.3) is 5.91 Å². The van der Waals surface area contributed by atoms with Crippen LogP contribution < -0.4 is 25.1 Å². The van der Waals surface area contributed by atoms with Crippen molar-refractivity contribution in [3.63, 3.8) is 0 Å². The van der Waals surface area contributed by atoms with E-state index in [0.717, 1.165) is 37.5 Å². The van der Waals surface area contributed by atoms with Crippen LogP contribution in [0.4, 0.5) is 0 Å². The second-order valence-electron chi connectivity index (χ2n) is 14.7. The van der Waals surface area contributed by atoms with E-state index in [2.05, 4.69) is 45.2 Å². The van der Waals surface area contributed by atoms with E-state index < -0.39 is 15.9 Å². The third-order valence-electron chi connectivity index (χ3n) is 10.3. The number of hydrogen-bond donors (Lipinski definition) is 2. The Kier molecular flexibility index (Phi) is 22.5. The van der Waals surface area contributed by atoms with Crippen LogP contribution in [0.1, 0.15) is 130 Å². The minimum absolute atomic E-state index is 0.101. The molecule has 1 saturated carbocycles. The molecule has 0 bridgehead atoms. The maximum Gasteiger partial charge on any atom is 0.255 e. The van der Waals surface area contributed by atoms with Crippen molar-refractivity contribution in [2.45, 2.75) is 141 Å². The molecule has 1 aliphatic heterocycles. The number of hydrogen-bond acceptors (Lipinski definition) is 7. The number of ether oxygens (including phenoxy) is 3. The molecule has 2 atom stereocenters. The zero-order chi connectivity index (χ0) is 39.0. The summed E-state index contributed by atoms with van der Waals surface area (Å²) >= 11 is 0. The van der Waals surface area contributed by atoms with E-state index in [1.807, 2.05) is 12.1 Å². The Morgan fingerprint density at radius 1 is 0.830 bits per heavy atom. The summed E-state index contributed by atoms with van der Waals surface area (Å²) in [5.74, 6) is 2.98. The highest BCUT2D eigenvalue weighted by Gasteiger charge is 2.51. The Balaban J connectivity index is 0.000000276. The average molecular weight is 758 g/mol. The largest absolute Gasteiger partial charge is 0.494 e. The minimum atomic E-state index is -3.62. The van der Waals surface area contributed by atoms with E-state index in [9.17, 15) is 13.2 Å². The number of allylic oxidation sites excluding steroid dienone is 1. The number of benzene rings is 2. The van der Waals surface area contributed by atoms with Crippen LogP contribution in [-0.2, 0) is 14.8 Å². The van der Waals surface area contributed by atoms with Gasteiger partial charge < -0.3 is 19.9 Å². The van der Waals surface area contributed by atoms with Gasteiger partial charge in [-0.1, -0.05) is 91.6 Å². The first-order valence-electron chi connectivity index (χ1n) is 20.3. The molecular formula is C43H71N3O6S. The van der Waals surface area contributed by atoms with Crippen LogP contribution in [0.3, 0.4) is 0 Å². The number of rotatable bonds is 23. The molecule has 1 aliphatic carbocycles. The first-order valence-corrected chi connectivity index (χ1v) is 21.8. The summed E-state index contributed by atoms with van der Waals surface area (Å²) in [7, 11) is -3.62. The SMILES string of the molecule is C=CC1CCC2(CC1)CN2CCCCCCCC.CCCCC(CC)COc1ccc(S(N)(=O)=O)cc1.CCCCOc1ccc(OCC(N)=O)cc1. The lowest BCUT2D eigenvalue weighted by Gasteiger charge is -2.27. The van der Waals surface area contributed by atoms with Crippen molar-refractivity contribution in [2.75, 3.05) is 32.9 Å². The Morgan fingerprint density at radius 2 is 1.38 bits per heavy atom. The van der Waals surface area contributed by atoms with Gasteiger partial charge in [0, 0.05) is 12.1 Å². The molecule has 2 aromatic carbocycles. The Bertz CT molecular complexity index is 1380. The maximum absolute atomic E-state index is 11.1. The highest BCUT2D eigenvalue weighted by molar-refractivity contribution is 7.89. The number of carbonyl (C=O) groups excluding carboxylic acids is 1. The highest BCUT2D eigenvalue weighted by atomic mass is 32.2. The smallest absolute Gasteiger partial charge is 0.255 e. The summed E-state index contributed by atoms with van der Waals surface area (Å²) in [6, 6.07) is 13.4. The van der Waals surface area contributed by atoms with Crippen LogP contribution in [0.15, 0.2) is 66.1 Å². The van der Waals surface area contributed by atoms with E-state index in [-0.39, 0.29) is 11.5 Å². The van der Waals surface area contributed by atoms with Crippen LogP contribution >= 0.6 is 0 Å². The second kappa shape index (κ2) is 25.9. The molecule has 9 nitrogen and oxygen atoms in total. The van der Waals surface area contributed by atoms with Crippen LogP contribution in [-0.4, -0.2) is 57.7 Å². The number of carbonyl (C=O) groups is 1. The van der Waals surface area contributed by atoms with Gasteiger partial charge in [-0.3, -0.25) is 9.69 Å². The summed E-state index contributed by atoms with van der Waals surface area (Å²) in [4.78, 5) is 13.4. The zero-order valence-electron chi connectivity index (χ0n) is 33.4. The van der Waals surface area contributed by atoms with Gasteiger partial charge in [-0.25, -0.2) is 13.6 Å². The Hall–Kier alpha value is -3.08. The number of primary sulfonamides is 1. The van der Waals surface area contributed by atoms with Gasteiger partial charge in [0.15, 0.2) is 6.61 Å². The number of nitrogens with zero attached hydrogens (tertiary/aromatic N) is 1. The zero-order valence-corrected chi connectivity index (χ0v) is 34.2. The summed E-state index contributed by atoms with van der Waals surface area (Å²) in [5.41, 5.74) is 5.62. The predicted molar refractivity (Wildman–Crippen MR) is 218 cm³/mol. The lowest BCUT2D eigenvalue weighted by molar-refractivity contribution is -0.119. The second-order valence-corrected chi connectivity index (χ2v) is 16.2. The van der Waals surface area contributed by atoms with Crippen molar-refractivity contribution in [1.82, 2.24) is 4.90 Å². The monoisotopic (exact) mass is 758 g/mol. The lowest BCUT2D eigenvalue weighted by Crippen LogP contribution is -2.25. The van der Waals surface area contributed by atoms with Crippen molar-refractivity contribution < 1.29 is 27.4 Å². The molecule has 1 saturated heterocycles. The first kappa shape index (κ1) is 46.1. The fourth-order valence-corrected chi connectivity index (χ4v) is 7.08. The summed E-state index contributed by atoms with van der Waals surface area (Å²) in [5, 5.41) is 5.04. The van der Waals surface area contributed by atoms with Crippen molar-refractivity contribution in [3.8, 4) is 17.2 Å². The van der Waals surface area contributed by atoms with Gasteiger partial charge >= 0.3 is 0 Å². The fourth-order valence-electron chi connectivity index (χ4n) is 6.57. The molecule has 4 N–H and O–H groups in total. The molecule has 300 valence electrons. The molecule has 10 heteroatoms. The van der Waals surface area contributed by atoms with Gasteiger partial charge in [-0.2, -0.15) is 0 Å². The van der Waals surface area contributed by atoms with Crippen LogP contribution in [0.25, 0.3) is 0 Å². The number of unbranched alkanes of at least 4 members (excludes halogenated alkanes) is 7. The van der Waals surface area contributed by atoms with Gasteiger partial charge in [0.05, 0.1) is 18.1 Å². The third-order valence-corrected chi connectivity index (χ3v) is 11.2. The standard InChI is InChI=1S/C17H31N.C14H23NO3S.C12H17NO3/c1-3-5-6-7-8-9-14-18-15-17(18)12-10-16(4-2)11-13-17;1-3-5-6-12(4-2)11-18-13-7-9-14(10-8-13)19(15,16)17;1-2-3-8-15-10-4-6-11(7-5-10)16-9-12(13)14/h4,16H,2-3,5-15H2,1H3;7-10,12H,3-6,11H2,1-2H3,(H2,15,16,17);4-7H,2-3,8-9H2,1H3,(H2,13,14). The van der Waals surface area contributed by atoms with E-state index in [1.165, 1.54) is 109 Å². The fraction of sp³-hybridized carbons (Fsp3) is 0.651. The quantitative estimate of drug-likeness (QED) is 0.0655. The summed E-state index contributed by atoms with van der Waals surface area (Å²) < 4.78 is 38.5. The topological polar surface area (TPSA) is 134 Å². The minimum Gasteiger partial charge on any atom is -0.494 e. The molecule has 0 aromatic heterocycles. The van der Waals surface area contributed by atoms with Gasteiger partial charge in [-0.05, 0) is 112 Å². The molecule has 53 heavy (non-hydrogen) atoms. The van der Waals surface area contributed by atoms with Crippen molar-refractivity contribution >= 4 is 15.9 Å². The lowest BCUT2D eigenvalue weighted by atomic mass is 9.81. The Morgan fingerprint density at radius 3 is 1.92 bits per heavy atom. The van der Waals surface area contributed by atoms with Gasteiger partial charge in [0.1, 0.15) is 17.2 Å². The third kappa shape index (κ3) is 19.2. The van der Waals surface area contributed by atoms with Crippen molar-refractivity contribution in [1.29, 1.82) is 0 Å². The van der Waals surface area contributed by atoms with E-state index in [1.54, 1.807) is 24.3 Å². The van der Waals surface area contributed by atoms with Crippen LogP contribution in [0.2, 0.25) is 0 Å². The number of nitrogens with two attached hydrogens (primary N) is 2. The normalized spacial score (nSPS) is 19.5. The molecule has 1 spiro atoms. The molecule has 1 amide bonds. The number of sulfonamides is 1. The molecule has 2 aliphatic rings. The van der Waals surface area contributed by atoms with Crippen LogP contribution in [0, 0.1) is 11.8 Å². The van der Waals surface area contributed by atoms with Gasteiger partial charge in [0.2, 0.25) is 10.0 Å².